The number of carbonyl (C=O) groups excluding carboxylic acids is 1. The van der Waals surface area contributed by atoms with Gasteiger partial charge < -0.3 is 16.0 Å². The molecule has 148 valence electrons. The van der Waals surface area contributed by atoms with Gasteiger partial charge in [0.2, 0.25) is 11.9 Å². The van der Waals surface area contributed by atoms with E-state index in [-0.39, 0.29) is 23.7 Å². The summed E-state index contributed by atoms with van der Waals surface area (Å²) in [6.45, 7) is 2.80. The van der Waals surface area contributed by atoms with Crippen molar-refractivity contribution >= 4 is 11.9 Å². The highest BCUT2D eigenvalue weighted by atomic mass is 19.1. The quantitative estimate of drug-likeness (QED) is 0.827. The molecule has 1 amide bonds. The van der Waals surface area contributed by atoms with Gasteiger partial charge in [-0.25, -0.2) is 14.4 Å². The lowest BCUT2D eigenvalue weighted by Crippen LogP contribution is -2.46. The Morgan fingerprint density at radius 2 is 2.18 bits per heavy atom. The Balaban J connectivity index is 1.32. The number of piperidine rings is 1. The maximum Gasteiger partial charge on any atom is 0.221 e. The van der Waals surface area contributed by atoms with E-state index in [0.717, 1.165) is 44.5 Å². The maximum absolute atomic E-state index is 13.7. The summed E-state index contributed by atoms with van der Waals surface area (Å²) in [7, 11) is 0. The average molecular weight is 383 g/mol. The average Bonchev–Trinajstić information content (AvgIpc) is 3.03. The van der Waals surface area contributed by atoms with Crippen molar-refractivity contribution in [3.05, 3.63) is 53.1 Å². The highest BCUT2D eigenvalue weighted by Crippen LogP contribution is 2.43. The summed E-state index contributed by atoms with van der Waals surface area (Å²) in [4.78, 5) is 23.3. The molecule has 2 aromatic rings. The van der Waals surface area contributed by atoms with Crippen LogP contribution in [0.5, 0.6) is 0 Å². The van der Waals surface area contributed by atoms with Crippen molar-refractivity contribution in [2.24, 2.45) is 0 Å². The molecule has 3 N–H and O–H groups in total. The van der Waals surface area contributed by atoms with Crippen LogP contribution in [0.25, 0.3) is 0 Å². The van der Waals surface area contributed by atoms with E-state index in [1.165, 1.54) is 11.6 Å². The van der Waals surface area contributed by atoms with E-state index in [1.807, 2.05) is 6.20 Å². The van der Waals surface area contributed by atoms with Crippen molar-refractivity contribution in [1.29, 1.82) is 0 Å². The molecule has 1 aromatic carbocycles. The third-order valence-electron chi connectivity index (χ3n) is 6.00. The van der Waals surface area contributed by atoms with E-state index in [0.29, 0.717) is 24.5 Å². The number of anilines is 1. The zero-order chi connectivity index (χ0) is 19.6. The van der Waals surface area contributed by atoms with Gasteiger partial charge in [0.25, 0.3) is 0 Å². The number of nitrogens with zero attached hydrogens (tertiary/aromatic N) is 3. The number of rotatable bonds is 5. The molecular weight excluding hydrogens is 357 g/mol. The fourth-order valence-corrected chi connectivity index (χ4v) is 4.55. The minimum Gasteiger partial charge on any atom is -0.368 e. The van der Waals surface area contributed by atoms with Crippen LogP contribution in [-0.2, 0) is 23.2 Å². The number of nitrogens with one attached hydrogen (secondary N) is 1. The molecule has 1 spiro atoms. The summed E-state index contributed by atoms with van der Waals surface area (Å²) in [5.74, 6) is -0.00660. The zero-order valence-electron chi connectivity index (χ0n) is 16.0. The summed E-state index contributed by atoms with van der Waals surface area (Å²) in [6.07, 6.45) is 6.51. The maximum atomic E-state index is 13.7. The van der Waals surface area contributed by atoms with E-state index in [2.05, 4.69) is 20.2 Å². The number of amides is 1. The Morgan fingerprint density at radius 1 is 1.32 bits per heavy atom. The van der Waals surface area contributed by atoms with Crippen LogP contribution in [0.3, 0.4) is 0 Å². The van der Waals surface area contributed by atoms with E-state index in [9.17, 15) is 9.18 Å². The fourth-order valence-electron chi connectivity index (χ4n) is 4.55. The first-order valence-electron chi connectivity index (χ1n) is 9.90. The van der Waals surface area contributed by atoms with Gasteiger partial charge in [0, 0.05) is 43.2 Å². The number of nitrogen functional groups attached to an aromatic ring is 1. The van der Waals surface area contributed by atoms with E-state index >= 15 is 0 Å². The summed E-state index contributed by atoms with van der Waals surface area (Å²) in [5, 5.41) is 2.82. The number of hydrogen-bond acceptors (Lipinski definition) is 5. The largest absolute Gasteiger partial charge is 0.368 e. The molecule has 4 rings (SSSR count). The number of hydrogen-bond donors (Lipinski definition) is 2. The van der Waals surface area contributed by atoms with Gasteiger partial charge in [-0.2, -0.15) is 0 Å². The molecule has 2 aliphatic rings. The summed E-state index contributed by atoms with van der Waals surface area (Å²) in [5.41, 5.74) is 8.69. The van der Waals surface area contributed by atoms with Crippen molar-refractivity contribution in [3.63, 3.8) is 0 Å². The monoisotopic (exact) mass is 383 g/mol. The second-order valence-electron chi connectivity index (χ2n) is 7.88. The van der Waals surface area contributed by atoms with Crippen LogP contribution >= 0.6 is 0 Å². The number of likely N-dealkylation sites (tertiary alicyclic amines) is 1. The molecule has 6 nitrogen and oxygen atoms in total. The highest BCUT2D eigenvalue weighted by molar-refractivity contribution is 5.76. The number of benzene rings is 1. The molecule has 0 saturated carbocycles. The number of carbonyl (C=O) groups is 1. The highest BCUT2D eigenvalue weighted by Gasteiger charge is 2.43. The molecule has 1 unspecified atom stereocenters. The molecule has 2 heterocycles. The molecule has 1 atom stereocenters. The molecule has 1 saturated heterocycles. The lowest BCUT2D eigenvalue weighted by atomic mass is 9.77. The van der Waals surface area contributed by atoms with E-state index in [1.54, 1.807) is 18.2 Å². The molecule has 0 radical (unpaired) electrons. The zero-order valence-corrected chi connectivity index (χ0v) is 16.0. The molecule has 1 fully saturated rings. The predicted molar refractivity (Wildman–Crippen MR) is 105 cm³/mol. The van der Waals surface area contributed by atoms with Crippen molar-refractivity contribution in [2.45, 2.75) is 44.1 Å². The van der Waals surface area contributed by atoms with Crippen molar-refractivity contribution in [3.8, 4) is 0 Å². The molecule has 1 aromatic heterocycles. The number of aromatic nitrogens is 2. The van der Waals surface area contributed by atoms with Gasteiger partial charge in [0.15, 0.2) is 0 Å². The Labute approximate surface area is 164 Å². The van der Waals surface area contributed by atoms with Gasteiger partial charge in [-0.15, -0.1) is 0 Å². The van der Waals surface area contributed by atoms with Crippen LogP contribution in [0.2, 0.25) is 0 Å². The van der Waals surface area contributed by atoms with Gasteiger partial charge in [0.1, 0.15) is 5.82 Å². The number of fused-ring (bicyclic) bond motifs is 2. The topological polar surface area (TPSA) is 84.1 Å². The molecule has 28 heavy (non-hydrogen) atoms. The van der Waals surface area contributed by atoms with Crippen molar-refractivity contribution in [1.82, 2.24) is 20.2 Å². The van der Waals surface area contributed by atoms with Crippen LogP contribution in [-0.4, -0.2) is 40.4 Å². The Bertz CT molecular complexity index is 870. The summed E-state index contributed by atoms with van der Waals surface area (Å²) >= 11 is 0. The van der Waals surface area contributed by atoms with Crippen LogP contribution in [0, 0.1) is 5.82 Å². The van der Waals surface area contributed by atoms with Gasteiger partial charge in [-0.1, -0.05) is 18.2 Å². The standard InChI is InChI=1S/C21H26FN5O/c22-17-5-2-1-4-15(17)12-24-18(28)7-11-27-10-3-8-21(14-27)9-6-16-13-25-20(23)26-19(16)21/h1-2,4-5,13H,3,6-12,14H2,(H,24,28)(H2,23,25,26). The second kappa shape index (κ2) is 7.83. The molecule has 1 aliphatic heterocycles. The Morgan fingerprint density at radius 3 is 3.04 bits per heavy atom. The minimum absolute atomic E-state index is 0.0360. The van der Waals surface area contributed by atoms with Crippen molar-refractivity contribution < 1.29 is 9.18 Å². The summed E-state index contributed by atoms with van der Waals surface area (Å²) < 4.78 is 13.7. The fraction of sp³-hybridized carbons (Fsp3) is 0.476. The molecule has 0 bridgehead atoms. The molecule has 7 heteroatoms. The van der Waals surface area contributed by atoms with E-state index in [4.69, 9.17) is 5.73 Å². The smallest absolute Gasteiger partial charge is 0.221 e. The third kappa shape index (κ3) is 3.85. The molecular formula is C21H26FN5O. The first-order valence-corrected chi connectivity index (χ1v) is 9.90. The Kier molecular flexibility index (Phi) is 5.26. The summed E-state index contributed by atoms with van der Waals surface area (Å²) in [6, 6.07) is 6.51. The second-order valence-corrected chi connectivity index (χ2v) is 7.88. The number of aryl methyl sites for hydroxylation is 1. The lowest BCUT2D eigenvalue weighted by molar-refractivity contribution is -0.121. The number of nitrogens with two attached hydrogens (primary N) is 1. The Hall–Kier alpha value is -2.54. The minimum atomic E-state index is -0.290. The first-order chi connectivity index (χ1) is 13.6. The SMILES string of the molecule is Nc1ncc2c(n1)C1(CCCN(CCC(=O)NCc3ccccc3F)C1)CC2. The molecule has 1 aliphatic carbocycles. The van der Waals surface area contributed by atoms with Crippen LogP contribution in [0.4, 0.5) is 10.3 Å². The van der Waals surface area contributed by atoms with Crippen LogP contribution in [0.15, 0.2) is 30.5 Å². The third-order valence-corrected chi connectivity index (χ3v) is 6.00. The van der Waals surface area contributed by atoms with Crippen molar-refractivity contribution in [2.75, 3.05) is 25.4 Å². The first kappa shape index (κ1) is 18.8. The van der Waals surface area contributed by atoms with Crippen LogP contribution in [0.1, 0.15) is 42.5 Å². The van der Waals surface area contributed by atoms with Gasteiger partial charge in [0.05, 0.1) is 5.69 Å². The number of halogens is 1. The van der Waals surface area contributed by atoms with Gasteiger partial charge >= 0.3 is 0 Å². The predicted octanol–water partition coefficient (Wildman–Crippen LogP) is 2.18. The lowest BCUT2D eigenvalue weighted by Gasteiger charge is -2.40. The van der Waals surface area contributed by atoms with Gasteiger partial charge in [-0.3, -0.25) is 4.79 Å². The van der Waals surface area contributed by atoms with Crippen LogP contribution < -0.4 is 11.1 Å². The normalized spacial score (nSPS) is 21.6. The van der Waals surface area contributed by atoms with Gasteiger partial charge in [-0.05, 0) is 43.9 Å². The van der Waals surface area contributed by atoms with E-state index < -0.39 is 0 Å².